The van der Waals surface area contributed by atoms with Crippen LogP contribution in [0.1, 0.15) is 43.1 Å². The van der Waals surface area contributed by atoms with Gasteiger partial charge < -0.3 is 21.1 Å². The van der Waals surface area contributed by atoms with Gasteiger partial charge in [0.05, 0.1) is 17.8 Å². The minimum atomic E-state index is -1.01. The lowest BCUT2D eigenvalue weighted by Gasteiger charge is -2.26. The molecule has 1 aliphatic heterocycles. The van der Waals surface area contributed by atoms with Crippen LogP contribution >= 0.6 is 11.3 Å². The SMILES string of the molecule is C[C@@H](NC(=O)O)c1ccc(N2CCC[C@@H]2c2csc(N)n2)cc1. The number of thiazole rings is 1. The highest BCUT2D eigenvalue weighted by atomic mass is 32.1. The maximum atomic E-state index is 10.7. The molecule has 1 saturated heterocycles. The van der Waals surface area contributed by atoms with E-state index in [9.17, 15) is 4.79 Å². The van der Waals surface area contributed by atoms with Gasteiger partial charge in [0.25, 0.3) is 0 Å². The molecule has 2 atom stereocenters. The summed E-state index contributed by atoms with van der Waals surface area (Å²) in [6, 6.07) is 8.08. The number of hydrogen-bond donors (Lipinski definition) is 3. The molecule has 0 saturated carbocycles. The summed E-state index contributed by atoms with van der Waals surface area (Å²) in [4.78, 5) is 17.5. The first-order valence-electron chi connectivity index (χ1n) is 7.61. The molecule has 0 aliphatic carbocycles. The normalized spacial score (nSPS) is 18.8. The van der Waals surface area contributed by atoms with Crippen molar-refractivity contribution in [2.45, 2.75) is 31.8 Å². The van der Waals surface area contributed by atoms with Crippen molar-refractivity contribution in [3.63, 3.8) is 0 Å². The van der Waals surface area contributed by atoms with E-state index in [0.29, 0.717) is 5.13 Å². The van der Waals surface area contributed by atoms with Gasteiger partial charge in [0.2, 0.25) is 0 Å². The summed E-state index contributed by atoms with van der Waals surface area (Å²) in [5, 5.41) is 13.9. The van der Waals surface area contributed by atoms with Gasteiger partial charge in [0, 0.05) is 17.6 Å². The third kappa shape index (κ3) is 3.39. The molecule has 1 aromatic carbocycles. The minimum absolute atomic E-state index is 0.228. The Kier molecular flexibility index (Phi) is 4.38. The quantitative estimate of drug-likeness (QED) is 0.798. The zero-order valence-corrected chi connectivity index (χ0v) is 13.7. The van der Waals surface area contributed by atoms with Crippen molar-refractivity contribution in [3.05, 3.63) is 40.9 Å². The number of nitrogen functional groups attached to an aromatic ring is 1. The van der Waals surface area contributed by atoms with Crippen LogP contribution in [0.2, 0.25) is 0 Å². The van der Waals surface area contributed by atoms with Gasteiger partial charge in [-0.15, -0.1) is 11.3 Å². The Labute approximate surface area is 139 Å². The summed E-state index contributed by atoms with van der Waals surface area (Å²) in [6.45, 7) is 2.82. The predicted octanol–water partition coefficient (Wildman–Crippen LogP) is 3.40. The van der Waals surface area contributed by atoms with Crippen molar-refractivity contribution in [1.82, 2.24) is 10.3 Å². The van der Waals surface area contributed by atoms with Crippen LogP contribution in [0, 0.1) is 0 Å². The Morgan fingerprint density at radius 1 is 1.48 bits per heavy atom. The van der Waals surface area contributed by atoms with E-state index in [1.54, 1.807) is 0 Å². The molecule has 2 aromatic rings. The van der Waals surface area contributed by atoms with E-state index in [4.69, 9.17) is 10.8 Å². The van der Waals surface area contributed by atoms with Crippen LogP contribution in [0.25, 0.3) is 0 Å². The molecule has 1 amide bonds. The number of hydrogen-bond acceptors (Lipinski definition) is 5. The van der Waals surface area contributed by atoms with Gasteiger partial charge in [-0.05, 0) is 37.5 Å². The Morgan fingerprint density at radius 3 is 2.83 bits per heavy atom. The van der Waals surface area contributed by atoms with Crippen molar-refractivity contribution in [2.75, 3.05) is 17.2 Å². The Balaban J connectivity index is 1.77. The molecule has 1 aromatic heterocycles. The van der Waals surface area contributed by atoms with Gasteiger partial charge in [0.1, 0.15) is 0 Å². The Hall–Kier alpha value is -2.28. The highest BCUT2D eigenvalue weighted by Crippen LogP contribution is 2.37. The van der Waals surface area contributed by atoms with Gasteiger partial charge in [-0.3, -0.25) is 0 Å². The summed E-state index contributed by atoms with van der Waals surface area (Å²) in [5.74, 6) is 0. The predicted molar refractivity (Wildman–Crippen MR) is 91.9 cm³/mol. The molecule has 0 radical (unpaired) electrons. The van der Waals surface area contributed by atoms with Crippen LogP contribution in [0.15, 0.2) is 29.6 Å². The molecule has 1 aliphatic rings. The molecule has 1 fully saturated rings. The van der Waals surface area contributed by atoms with Gasteiger partial charge in [-0.25, -0.2) is 9.78 Å². The summed E-state index contributed by atoms with van der Waals surface area (Å²) in [6.07, 6.45) is 1.19. The van der Waals surface area contributed by atoms with Gasteiger partial charge in [-0.1, -0.05) is 12.1 Å². The largest absolute Gasteiger partial charge is 0.465 e. The topological polar surface area (TPSA) is 91.5 Å². The third-order valence-corrected chi connectivity index (χ3v) is 4.89. The average molecular weight is 332 g/mol. The Bertz CT molecular complexity index is 686. The van der Waals surface area contributed by atoms with E-state index < -0.39 is 6.09 Å². The number of nitrogens with zero attached hydrogens (tertiary/aromatic N) is 2. The fourth-order valence-corrected chi connectivity index (χ4v) is 3.67. The molecule has 2 heterocycles. The average Bonchev–Trinajstić information content (AvgIpc) is 3.15. The number of nitrogens with one attached hydrogen (secondary N) is 1. The number of carbonyl (C=O) groups is 1. The highest BCUT2D eigenvalue weighted by Gasteiger charge is 2.28. The summed E-state index contributed by atoms with van der Waals surface area (Å²) < 4.78 is 0. The second-order valence-electron chi connectivity index (χ2n) is 5.72. The fourth-order valence-electron chi connectivity index (χ4n) is 3.06. The molecule has 4 N–H and O–H groups in total. The fraction of sp³-hybridized carbons (Fsp3) is 0.375. The smallest absolute Gasteiger partial charge is 0.405 e. The number of benzene rings is 1. The summed E-state index contributed by atoms with van der Waals surface area (Å²) in [7, 11) is 0. The van der Waals surface area contributed by atoms with E-state index in [1.165, 1.54) is 11.3 Å². The van der Waals surface area contributed by atoms with Crippen molar-refractivity contribution in [1.29, 1.82) is 0 Å². The molecule has 0 bridgehead atoms. The van der Waals surface area contributed by atoms with Crippen LogP contribution in [0.4, 0.5) is 15.6 Å². The molecule has 0 unspecified atom stereocenters. The van der Waals surface area contributed by atoms with E-state index >= 15 is 0 Å². The van der Waals surface area contributed by atoms with Crippen molar-refractivity contribution < 1.29 is 9.90 Å². The number of anilines is 2. The second kappa shape index (κ2) is 6.45. The number of nitrogens with two attached hydrogens (primary N) is 1. The molecule has 0 spiro atoms. The van der Waals surface area contributed by atoms with Crippen LogP contribution < -0.4 is 16.0 Å². The number of aromatic nitrogens is 1. The summed E-state index contributed by atoms with van der Waals surface area (Å²) in [5.41, 5.74) is 8.87. The lowest BCUT2D eigenvalue weighted by Crippen LogP contribution is -2.25. The monoisotopic (exact) mass is 332 g/mol. The maximum Gasteiger partial charge on any atom is 0.405 e. The van der Waals surface area contributed by atoms with Crippen LogP contribution in [-0.4, -0.2) is 22.7 Å². The standard InChI is InChI=1S/C16H20N4O2S/c1-10(18-16(21)22)11-4-6-12(7-5-11)20-8-2-3-14(20)13-9-23-15(17)19-13/h4-7,9-10,14,18H,2-3,8H2,1H3,(H2,17,19)(H,21,22)/t10-,14-/m1/s1. The molecular formula is C16H20N4O2S. The van der Waals surface area contributed by atoms with Crippen LogP contribution in [0.3, 0.4) is 0 Å². The van der Waals surface area contributed by atoms with Gasteiger partial charge in [0.15, 0.2) is 5.13 Å². The van der Waals surface area contributed by atoms with E-state index in [0.717, 1.165) is 36.3 Å². The van der Waals surface area contributed by atoms with Gasteiger partial charge >= 0.3 is 6.09 Å². The first-order chi connectivity index (χ1) is 11.0. The molecule has 6 nitrogen and oxygen atoms in total. The van der Waals surface area contributed by atoms with E-state index in [2.05, 4.69) is 15.2 Å². The Morgan fingerprint density at radius 2 is 2.22 bits per heavy atom. The molecule has 3 rings (SSSR count). The second-order valence-corrected chi connectivity index (χ2v) is 6.61. The van der Waals surface area contributed by atoms with Crippen molar-refractivity contribution >= 4 is 28.2 Å². The van der Waals surface area contributed by atoms with Crippen molar-refractivity contribution in [3.8, 4) is 0 Å². The van der Waals surface area contributed by atoms with E-state index in [-0.39, 0.29) is 12.1 Å². The highest BCUT2D eigenvalue weighted by molar-refractivity contribution is 7.13. The van der Waals surface area contributed by atoms with E-state index in [1.807, 2.05) is 36.6 Å². The molecule has 122 valence electrons. The molecular weight excluding hydrogens is 312 g/mol. The number of amides is 1. The van der Waals surface area contributed by atoms with Crippen LogP contribution in [0.5, 0.6) is 0 Å². The number of rotatable bonds is 4. The third-order valence-electron chi connectivity index (χ3n) is 4.20. The van der Waals surface area contributed by atoms with Crippen LogP contribution in [-0.2, 0) is 0 Å². The summed E-state index contributed by atoms with van der Waals surface area (Å²) >= 11 is 1.48. The number of carboxylic acid groups (broad SMARTS) is 1. The zero-order chi connectivity index (χ0) is 16.4. The lowest BCUT2D eigenvalue weighted by atomic mass is 10.1. The first-order valence-corrected chi connectivity index (χ1v) is 8.49. The molecule has 23 heavy (non-hydrogen) atoms. The zero-order valence-electron chi connectivity index (χ0n) is 12.9. The minimum Gasteiger partial charge on any atom is -0.465 e. The van der Waals surface area contributed by atoms with Gasteiger partial charge in [-0.2, -0.15) is 0 Å². The van der Waals surface area contributed by atoms with Crippen molar-refractivity contribution in [2.24, 2.45) is 0 Å². The first kappa shape index (κ1) is 15.6. The maximum absolute atomic E-state index is 10.7. The molecule has 7 heteroatoms. The lowest BCUT2D eigenvalue weighted by molar-refractivity contribution is 0.191.